The van der Waals surface area contributed by atoms with E-state index < -0.39 is 0 Å². The van der Waals surface area contributed by atoms with Crippen LogP contribution in [0, 0.1) is 37.7 Å². The van der Waals surface area contributed by atoms with Gasteiger partial charge in [0.2, 0.25) is 0 Å². The molecule has 4 heteroatoms. The van der Waals surface area contributed by atoms with Crippen molar-refractivity contribution in [2.24, 2.45) is 0 Å². The first-order valence-electron chi connectivity index (χ1n) is 0.494. The summed E-state index contributed by atoms with van der Waals surface area (Å²) in [5, 5.41) is 6.89. The van der Waals surface area contributed by atoms with Crippen LogP contribution in [0.3, 0.4) is 0 Å². The Labute approximate surface area is 59.9 Å². The standard InChI is InChI=1S/CH2O2.Ar.H3N/c2-1-3;;/h1H,(H,2,3);;1H3. The van der Waals surface area contributed by atoms with E-state index in [0.717, 1.165) is 0 Å². The minimum atomic E-state index is -0.250. The topological polar surface area (TPSA) is 72.3 Å². The molecule has 0 atom stereocenters. The number of carboxylic acid groups (broad SMARTS) is 1. The Balaban J connectivity index is -0.0000000200. The minimum Gasteiger partial charge on any atom is -0.483 e. The number of hydrogen-bond donors (Lipinski definition) is 2. The number of carbonyl (C=O) groups is 1. The van der Waals surface area contributed by atoms with E-state index in [1.807, 2.05) is 0 Å². The molecule has 0 aliphatic heterocycles. The van der Waals surface area contributed by atoms with Crippen molar-refractivity contribution in [3.05, 3.63) is 0 Å². The molecule has 0 radical (unpaired) electrons. The van der Waals surface area contributed by atoms with Crippen LogP contribution in [0.5, 0.6) is 0 Å². The van der Waals surface area contributed by atoms with Crippen LogP contribution in [0.15, 0.2) is 0 Å². The Morgan fingerprint density at radius 2 is 1.60 bits per heavy atom. The molecule has 0 saturated heterocycles. The average Bonchev–Trinajstić information content (AvgIpc) is 0.918. The predicted octanol–water partition coefficient (Wildman–Crippen LogP) is -0.137. The van der Waals surface area contributed by atoms with Gasteiger partial charge >= 0.3 is 0 Å². The van der Waals surface area contributed by atoms with E-state index in [2.05, 4.69) is 0 Å². The minimum absolute atomic E-state index is 0. The van der Waals surface area contributed by atoms with Crippen molar-refractivity contribution in [3.63, 3.8) is 0 Å². The smallest absolute Gasteiger partial charge is 0.290 e. The zero-order valence-corrected chi connectivity index (χ0v) is 3.20. The molecule has 0 aliphatic rings. The fraction of sp³-hybridized carbons (Fsp3) is 0. The molecule has 3 nitrogen and oxygen atoms in total. The molecule has 0 aromatic carbocycles. The van der Waals surface area contributed by atoms with E-state index in [4.69, 9.17) is 9.90 Å². The molecular formula is CH5ArNO2. The average molecular weight is 103 g/mol. The second-order valence-electron chi connectivity index (χ2n) is 0.105. The summed E-state index contributed by atoms with van der Waals surface area (Å²) < 4.78 is 0. The summed E-state index contributed by atoms with van der Waals surface area (Å²) in [6.07, 6.45) is 0. The maximum absolute atomic E-state index is 8.36. The number of hydrogen-bond acceptors (Lipinski definition) is 2. The van der Waals surface area contributed by atoms with Crippen LogP contribution in [0.1, 0.15) is 0 Å². The van der Waals surface area contributed by atoms with Crippen LogP contribution in [0.25, 0.3) is 0 Å². The molecule has 4 N–H and O–H groups in total. The Bertz CT molecular complexity index is 17.1. The third kappa shape index (κ3) is 71.3. The van der Waals surface area contributed by atoms with Crippen molar-refractivity contribution in [3.8, 4) is 0 Å². The van der Waals surface area contributed by atoms with E-state index in [9.17, 15) is 0 Å². The van der Waals surface area contributed by atoms with Gasteiger partial charge < -0.3 is 11.3 Å². The van der Waals surface area contributed by atoms with Crippen molar-refractivity contribution < 1.29 is 47.6 Å². The molecular weight excluding hydrogens is 98.0 g/mol. The summed E-state index contributed by atoms with van der Waals surface area (Å²) in [5.41, 5.74) is 0. The molecule has 0 heterocycles. The Morgan fingerprint density at radius 3 is 1.60 bits per heavy atom. The van der Waals surface area contributed by atoms with Crippen molar-refractivity contribution in [1.29, 1.82) is 0 Å². The van der Waals surface area contributed by atoms with Crippen LogP contribution >= 0.6 is 0 Å². The number of rotatable bonds is 0. The van der Waals surface area contributed by atoms with E-state index in [1.165, 1.54) is 0 Å². The van der Waals surface area contributed by atoms with Crippen LogP contribution in [0.2, 0.25) is 0 Å². The molecule has 0 fully saturated rings. The van der Waals surface area contributed by atoms with Crippen LogP contribution < -0.4 is 6.15 Å². The summed E-state index contributed by atoms with van der Waals surface area (Å²) in [6, 6.07) is 0. The predicted molar refractivity (Wildman–Crippen MR) is 13.7 cm³/mol. The first kappa shape index (κ1) is 17.3. The zero-order valence-electron chi connectivity index (χ0n) is 2.49. The molecule has 0 rings (SSSR count). The summed E-state index contributed by atoms with van der Waals surface area (Å²) in [5.74, 6) is 0. The second-order valence-corrected chi connectivity index (χ2v) is 0.105. The van der Waals surface area contributed by atoms with Crippen LogP contribution in [-0.4, -0.2) is 11.6 Å². The van der Waals surface area contributed by atoms with Gasteiger partial charge in [0, 0.05) is 37.7 Å². The first-order valence-corrected chi connectivity index (χ1v) is 0.494. The van der Waals surface area contributed by atoms with Crippen molar-refractivity contribution in [2.75, 3.05) is 0 Å². The van der Waals surface area contributed by atoms with Gasteiger partial charge in [-0.2, -0.15) is 0 Å². The summed E-state index contributed by atoms with van der Waals surface area (Å²) in [7, 11) is 0. The molecule has 0 aromatic rings. The van der Waals surface area contributed by atoms with E-state index in [-0.39, 0.29) is 50.4 Å². The first-order chi connectivity index (χ1) is 1.41. The van der Waals surface area contributed by atoms with Crippen LogP contribution in [0.4, 0.5) is 0 Å². The van der Waals surface area contributed by atoms with Gasteiger partial charge in [-0.15, -0.1) is 0 Å². The summed E-state index contributed by atoms with van der Waals surface area (Å²) in [6.45, 7) is -0.250. The quantitative estimate of drug-likeness (QED) is 0.419. The molecule has 0 saturated carbocycles. The maximum Gasteiger partial charge on any atom is 0.290 e. The fourth-order valence-electron chi connectivity index (χ4n) is 0. The Kier molecular flexibility index (Phi) is 77.4. The fourth-order valence-corrected chi connectivity index (χ4v) is 0. The van der Waals surface area contributed by atoms with Crippen molar-refractivity contribution >= 4 is 6.47 Å². The normalized spacial score (nSPS) is 2.40. The van der Waals surface area contributed by atoms with Crippen molar-refractivity contribution in [1.82, 2.24) is 6.15 Å². The zero-order chi connectivity index (χ0) is 2.71. The molecule has 0 unspecified atom stereocenters. The molecule has 0 amide bonds. The van der Waals surface area contributed by atoms with Gasteiger partial charge in [0.25, 0.3) is 6.47 Å². The van der Waals surface area contributed by atoms with Crippen LogP contribution in [-0.2, 0) is 4.79 Å². The SMILES string of the molecule is N.O=CO.[Ar]. The molecule has 0 spiro atoms. The van der Waals surface area contributed by atoms with Gasteiger partial charge in [0.05, 0.1) is 0 Å². The third-order valence-corrected chi connectivity index (χ3v) is 0. The maximum atomic E-state index is 8.36. The second kappa shape index (κ2) is 22.4. The Morgan fingerprint density at radius 1 is 1.60 bits per heavy atom. The van der Waals surface area contributed by atoms with Gasteiger partial charge in [-0.3, -0.25) is 4.79 Å². The molecule has 0 bridgehead atoms. The molecule has 0 aromatic heterocycles. The van der Waals surface area contributed by atoms with Gasteiger partial charge in [0.15, 0.2) is 0 Å². The van der Waals surface area contributed by atoms with Gasteiger partial charge in [0.1, 0.15) is 0 Å². The van der Waals surface area contributed by atoms with Gasteiger partial charge in [-0.1, -0.05) is 0 Å². The molecule has 0 aliphatic carbocycles. The van der Waals surface area contributed by atoms with Gasteiger partial charge in [-0.05, 0) is 0 Å². The van der Waals surface area contributed by atoms with E-state index >= 15 is 0 Å². The van der Waals surface area contributed by atoms with Crippen molar-refractivity contribution in [2.45, 2.75) is 0 Å². The summed E-state index contributed by atoms with van der Waals surface area (Å²) >= 11 is 0. The van der Waals surface area contributed by atoms with Gasteiger partial charge in [-0.25, -0.2) is 0 Å². The molecule has 34 valence electrons. The molecule has 5 heavy (non-hydrogen) atoms. The third-order valence-electron chi connectivity index (χ3n) is 0. The van der Waals surface area contributed by atoms with E-state index in [0.29, 0.717) is 0 Å². The monoisotopic (exact) mass is 103 g/mol. The largest absolute Gasteiger partial charge is 0.483 e. The van der Waals surface area contributed by atoms with E-state index in [1.54, 1.807) is 0 Å². The summed E-state index contributed by atoms with van der Waals surface area (Å²) in [4.78, 5) is 8.36. The Hall–Kier alpha value is 0.690.